The molecule has 0 atom stereocenters. The summed E-state index contributed by atoms with van der Waals surface area (Å²) in [6.07, 6.45) is 1.31. The average molecular weight is 327 g/mol. The fourth-order valence-electron chi connectivity index (χ4n) is 3.92. The van der Waals surface area contributed by atoms with Crippen molar-refractivity contribution >= 4 is 45.7 Å². The second-order valence-electron chi connectivity index (χ2n) is 6.53. The summed E-state index contributed by atoms with van der Waals surface area (Å²) in [5.41, 5.74) is 6.60. The van der Waals surface area contributed by atoms with Gasteiger partial charge in [-0.25, -0.2) is 0 Å². The van der Waals surface area contributed by atoms with Crippen molar-refractivity contribution in [1.29, 1.82) is 0 Å². The summed E-state index contributed by atoms with van der Waals surface area (Å²) in [7, 11) is 0. The molecule has 24 heavy (non-hydrogen) atoms. The van der Waals surface area contributed by atoms with Gasteiger partial charge in [-0.05, 0) is 35.7 Å². The summed E-state index contributed by atoms with van der Waals surface area (Å²) in [4.78, 5) is 0. The van der Waals surface area contributed by atoms with Crippen molar-refractivity contribution in [2.75, 3.05) is 11.4 Å². The first-order valence-corrected chi connectivity index (χ1v) is 9.73. The first-order valence-electron chi connectivity index (χ1n) is 8.58. The minimum atomic E-state index is 0.711. The highest BCUT2D eigenvalue weighted by Gasteiger charge is 2.22. The lowest BCUT2D eigenvalue weighted by molar-refractivity contribution is 1.18. The molecule has 1 aromatic heterocycles. The molecule has 1 nitrogen and oxygen atoms in total. The highest BCUT2D eigenvalue weighted by Crippen LogP contribution is 2.31. The van der Waals surface area contributed by atoms with Gasteiger partial charge in [-0.15, -0.1) is 0 Å². The number of rotatable bonds is 2. The van der Waals surface area contributed by atoms with Gasteiger partial charge < -0.3 is 4.57 Å². The lowest BCUT2D eigenvalue weighted by atomic mass is 9.45. The van der Waals surface area contributed by atoms with Gasteiger partial charge in [0.15, 0.2) is 6.71 Å². The molecule has 3 heteroatoms. The Morgan fingerprint density at radius 2 is 1.50 bits per heavy atom. The van der Waals surface area contributed by atoms with E-state index in [1.807, 2.05) is 0 Å². The molecule has 0 radical (unpaired) electrons. The monoisotopic (exact) mass is 327 g/mol. The molecule has 2 heterocycles. The van der Waals surface area contributed by atoms with E-state index in [0.717, 1.165) is 0 Å². The Kier molecular flexibility index (Phi) is 3.41. The summed E-state index contributed by atoms with van der Waals surface area (Å²) in [5, 5.41) is 2.66. The van der Waals surface area contributed by atoms with E-state index in [2.05, 4.69) is 89.1 Å². The fraction of sp³-hybridized carbons (Fsp3) is 0.143. The zero-order chi connectivity index (χ0) is 15.9. The van der Waals surface area contributed by atoms with Crippen LogP contribution in [0.2, 0.25) is 6.32 Å². The maximum absolute atomic E-state index is 2.41. The van der Waals surface area contributed by atoms with Crippen molar-refractivity contribution in [3.8, 4) is 5.69 Å². The Bertz CT molecular complexity index is 977. The van der Waals surface area contributed by atoms with Gasteiger partial charge in [-0.1, -0.05) is 60.3 Å². The molecule has 0 unspecified atom stereocenters. The van der Waals surface area contributed by atoms with Crippen molar-refractivity contribution in [2.24, 2.45) is 0 Å². The van der Waals surface area contributed by atoms with E-state index >= 15 is 0 Å². The summed E-state index contributed by atoms with van der Waals surface area (Å²) in [5.74, 6) is 1.30. The van der Waals surface area contributed by atoms with Crippen LogP contribution >= 0.6 is 11.8 Å². The minimum absolute atomic E-state index is 0.711. The molecular formula is C21H18BNS. The number of thioether (sulfide) groups is 1. The third-order valence-corrected chi connectivity index (χ3v) is 6.27. The molecular weight excluding hydrogens is 309 g/mol. The maximum Gasteiger partial charge on any atom is 0.186 e. The quantitative estimate of drug-likeness (QED) is 0.480. The van der Waals surface area contributed by atoms with Gasteiger partial charge in [0, 0.05) is 16.5 Å². The molecule has 1 aliphatic rings. The number of hydrogen-bond acceptors (Lipinski definition) is 1. The molecule has 0 spiro atoms. The zero-order valence-corrected chi connectivity index (χ0v) is 14.3. The first kappa shape index (κ1) is 14.2. The molecule has 116 valence electrons. The van der Waals surface area contributed by atoms with E-state index in [4.69, 9.17) is 0 Å². The lowest BCUT2D eigenvalue weighted by Crippen LogP contribution is -2.30. The second-order valence-corrected chi connectivity index (χ2v) is 7.68. The van der Waals surface area contributed by atoms with Crippen LogP contribution in [0.4, 0.5) is 0 Å². The second kappa shape index (κ2) is 5.75. The first-order chi connectivity index (χ1) is 11.9. The highest BCUT2D eigenvalue weighted by molar-refractivity contribution is 8.01. The van der Waals surface area contributed by atoms with Crippen molar-refractivity contribution in [3.05, 3.63) is 72.8 Å². The standard InChI is InChI=1S/C21H18BNS/c1-3-10-20-18(8-1)19-9-2-4-11-21(19)23(20)17-7-5-6-16(14-17)22-12-13-24-15-22/h1-11,14H,12-13,15H2. The third kappa shape index (κ3) is 2.19. The van der Waals surface area contributed by atoms with Crippen molar-refractivity contribution in [3.63, 3.8) is 0 Å². The molecule has 5 rings (SSSR count). The lowest BCUT2D eigenvalue weighted by Gasteiger charge is -2.11. The van der Waals surface area contributed by atoms with Gasteiger partial charge in [0.2, 0.25) is 0 Å². The van der Waals surface area contributed by atoms with Gasteiger partial charge in [-0.3, -0.25) is 0 Å². The summed E-state index contributed by atoms with van der Waals surface area (Å²) < 4.78 is 2.41. The Morgan fingerprint density at radius 3 is 2.17 bits per heavy atom. The largest absolute Gasteiger partial charge is 0.309 e. The van der Waals surface area contributed by atoms with E-state index in [9.17, 15) is 0 Å². The van der Waals surface area contributed by atoms with Crippen LogP contribution in [0, 0.1) is 0 Å². The molecule has 0 aliphatic carbocycles. The minimum Gasteiger partial charge on any atom is -0.309 e. The Balaban J connectivity index is 1.77. The number of benzene rings is 3. The van der Waals surface area contributed by atoms with Crippen LogP contribution in [0.25, 0.3) is 27.5 Å². The SMILES string of the molecule is c1cc(B2CCSC2)cc(-n2c3ccccc3c3ccccc32)c1. The van der Waals surface area contributed by atoms with Crippen molar-refractivity contribution in [1.82, 2.24) is 4.57 Å². The Morgan fingerprint density at radius 1 is 0.792 bits per heavy atom. The van der Waals surface area contributed by atoms with Crippen LogP contribution in [-0.4, -0.2) is 22.7 Å². The molecule has 0 saturated carbocycles. The fourth-order valence-corrected chi connectivity index (χ4v) is 5.18. The number of aromatic nitrogens is 1. The number of hydrogen-bond donors (Lipinski definition) is 0. The van der Waals surface area contributed by atoms with Gasteiger partial charge in [0.1, 0.15) is 0 Å². The predicted molar refractivity (Wildman–Crippen MR) is 108 cm³/mol. The van der Waals surface area contributed by atoms with E-state index in [-0.39, 0.29) is 0 Å². The summed E-state index contributed by atoms with van der Waals surface area (Å²) >= 11 is 2.08. The number of nitrogens with zero attached hydrogens (tertiary/aromatic N) is 1. The van der Waals surface area contributed by atoms with Crippen LogP contribution in [0.1, 0.15) is 0 Å². The van der Waals surface area contributed by atoms with Gasteiger partial charge in [-0.2, -0.15) is 11.8 Å². The molecule has 3 aromatic carbocycles. The molecule has 0 amide bonds. The predicted octanol–water partition coefficient (Wildman–Crippen LogP) is 4.77. The van der Waals surface area contributed by atoms with Crippen LogP contribution in [0.15, 0.2) is 72.8 Å². The number of fused-ring (bicyclic) bond motifs is 3. The zero-order valence-electron chi connectivity index (χ0n) is 13.5. The summed E-state index contributed by atoms with van der Waals surface area (Å²) in [6.45, 7) is 0.711. The molecule has 0 N–H and O–H groups in total. The van der Waals surface area contributed by atoms with Crippen molar-refractivity contribution < 1.29 is 0 Å². The van der Waals surface area contributed by atoms with Crippen LogP contribution in [-0.2, 0) is 0 Å². The van der Waals surface area contributed by atoms with E-state index in [1.54, 1.807) is 0 Å². The van der Waals surface area contributed by atoms with Crippen LogP contribution in [0.3, 0.4) is 0 Å². The molecule has 1 fully saturated rings. The molecule has 1 saturated heterocycles. The highest BCUT2D eigenvalue weighted by atomic mass is 32.2. The molecule has 0 bridgehead atoms. The van der Waals surface area contributed by atoms with Gasteiger partial charge in [0.25, 0.3) is 0 Å². The van der Waals surface area contributed by atoms with Gasteiger partial charge in [0.05, 0.1) is 11.0 Å². The number of para-hydroxylation sites is 2. The Labute approximate surface area is 146 Å². The third-order valence-electron chi connectivity index (χ3n) is 5.11. The maximum atomic E-state index is 2.41. The normalized spacial score (nSPS) is 14.8. The van der Waals surface area contributed by atoms with Crippen LogP contribution < -0.4 is 5.46 Å². The van der Waals surface area contributed by atoms with E-state index in [0.29, 0.717) is 6.71 Å². The van der Waals surface area contributed by atoms with Crippen LogP contribution in [0.5, 0.6) is 0 Å². The summed E-state index contributed by atoms with van der Waals surface area (Å²) in [6, 6.07) is 26.6. The van der Waals surface area contributed by atoms with Gasteiger partial charge >= 0.3 is 0 Å². The topological polar surface area (TPSA) is 4.93 Å². The Hall–Kier alpha value is -2.13. The van der Waals surface area contributed by atoms with E-state index < -0.39 is 0 Å². The average Bonchev–Trinajstić information content (AvgIpc) is 3.28. The van der Waals surface area contributed by atoms with E-state index in [1.165, 1.54) is 50.7 Å². The smallest absolute Gasteiger partial charge is 0.186 e. The van der Waals surface area contributed by atoms with Crippen molar-refractivity contribution in [2.45, 2.75) is 6.32 Å². The molecule has 4 aromatic rings. The molecule has 1 aliphatic heterocycles.